The third kappa shape index (κ3) is 2.50. The number of nitrogens with one attached hydrogen (secondary N) is 1. The molecule has 0 bridgehead atoms. The molecule has 2 heterocycles. The summed E-state index contributed by atoms with van der Waals surface area (Å²) in [6.45, 7) is 5.68. The summed E-state index contributed by atoms with van der Waals surface area (Å²) in [5.41, 5.74) is -1.55. The first-order valence-corrected chi connectivity index (χ1v) is 6.94. The number of amidine groups is 1. The van der Waals surface area contributed by atoms with Crippen molar-refractivity contribution in [3.8, 4) is 0 Å². The van der Waals surface area contributed by atoms with E-state index in [4.69, 9.17) is 4.74 Å². The maximum Gasteiger partial charge on any atom is 0.159 e. The molecule has 5 atom stereocenters. The first-order chi connectivity index (χ1) is 8.34. The van der Waals surface area contributed by atoms with E-state index in [1.165, 1.54) is 11.8 Å². The molecule has 6 nitrogen and oxygen atoms in total. The molecule has 4 N–H and O–H groups in total. The van der Waals surface area contributed by atoms with Gasteiger partial charge in [-0.05, 0) is 20.8 Å². The van der Waals surface area contributed by atoms with Crippen LogP contribution in [0.25, 0.3) is 0 Å². The summed E-state index contributed by atoms with van der Waals surface area (Å²) in [4.78, 5) is 4.23. The van der Waals surface area contributed by atoms with Crippen LogP contribution in [-0.2, 0) is 4.74 Å². The highest BCUT2D eigenvalue weighted by Gasteiger charge is 2.52. The molecule has 2 aliphatic heterocycles. The largest absolute Gasteiger partial charge is 0.388 e. The zero-order valence-corrected chi connectivity index (χ0v) is 11.5. The zero-order chi connectivity index (χ0) is 13.5. The second-order valence-electron chi connectivity index (χ2n) is 5.13. The average Bonchev–Trinajstić information content (AvgIpc) is 2.65. The van der Waals surface area contributed by atoms with Gasteiger partial charge >= 0.3 is 0 Å². The summed E-state index contributed by atoms with van der Waals surface area (Å²) in [5.74, 6) is 0. The van der Waals surface area contributed by atoms with Crippen LogP contribution in [0.2, 0.25) is 0 Å². The van der Waals surface area contributed by atoms with E-state index >= 15 is 0 Å². The Labute approximate surface area is 110 Å². The van der Waals surface area contributed by atoms with Gasteiger partial charge in [-0.15, -0.1) is 0 Å². The van der Waals surface area contributed by atoms with Crippen LogP contribution < -0.4 is 5.32 Å². The highest BCUT2D eigenvalue weighted by molar-refractivity contribution is 8.14. The molecule has 2 fully saturated rings. The summed E-state index contributed by atoms with van der Waals surface area (Å²) in [6.07, 6.45) is -2.93. The van der Waals surface area contributed by atoms with Gasteiger partial charge in [0.1, 0.15) is 23.7 Å². The van der Waals surface area contributed by atoms with E-state index < -0.39 is 30.0 Å². The number of hydrogen-bond donors (Lipinski definition) is 4. The standard InChI is InChI=1S/C11H20N2O4S/c1-4-12-10-13-5-6(14)7(15)8(11(2,3)16)17-9(5)18-10/h5-9,14-16H,4H2,1-3H3,(H,12,13)/t5-,6-,7+,8?,9-/m1/s1. The minimum atomic E-state index is -1.21. The number of fused-ring (bicyclic) bond motifs is 1. The molecule has 0 saturated carbocycles. The van der Waals surface area contributed by atoms with Gasteiger partial charge in [-0.2, -0.15) is 0 Å². The van der Waals surface area contributed by atoms with Gasteiger partial charge in [0.25, 0.3) is 0 Å². The summed E-state index contributed by atoms with van der Waals surface area (Å²) in [6, 6.07) is -0.395. The Morgan fingerprint density at radius 3 is 2.61 bits per heavy atom. The molecule has 0 aliphatic carbocycles. The SMILES string of the molecule is CCN=C1N[C@@H]2[C@@H](O)[C@H](O)C(C(C)(C)O)O[C@@H]2S1. The van der Waals surface area contributed by atoms with Crippen LogP contribution in [0.4, 0.5) is 0 Å². The van der Waals surface area contributed by atoms with Crippen LogP contribution in [0.15, 0.2) is 4.99 Å². The van der Waals surface area contributed by atoms with Crippen LogP contribution in [0.5, 0.6) is 0 Å². The third-order valence-corrected chi connectivity index (χ3v) is 4.22. The lowest BCUT2D eigenvalue weighted by molar-refractivity contribution is -0.210. The number of ether oxygens (including phenoxy) is 1. The lowest BCUT2D eigenvalue weighted by atomic mass is 9.88. The van der Waals surface area contributed by atoms with Crippen molar-refractivity contribution < 1.29 is 20.1 Å². The molecule has 0 spiro atoms. The van der Waals surface area contributed by atoms with Crippen molar-refractivity contribution in [2.24, 2.45) is 4.99 Å². The van der Waals surface area contributed by atoms with Gasteiger partial charge in [-0.1, -0.05) is 11.8 Å². The number of hydrogen-bond acceptors (Lipinski definition) is 6. The Hall–Kier alpha value is -0.340. The molecule has 104 valence electrons. The van der Waals surface area contributed by atoms with Crippen molar-refractivity contribution in [2.45, 2.75) is 56.2 Å². The molecule has 7 heteroatoms. The van der Waals surface area contributed by atoms with Crippen LogP contribution in [0.1, 0.15) is 20.8 Å². The minimum absolute atomic E-state index is 0.342. The van der Waals surface area contributed by atoms with Gasteiger partial charge in [0.05, 0.1) is 11.6 Å². The van der Waals surface area contributed by atoms with Crippen molar-refractivity contribution in [3.63, 3.8) is 0 Å². The van der Waals surface area contributed by atoms with Gasteiger partial charge in [0.15, 0.2) is 5.17 Å². The van der Waals surface area contributed by atoms with Gasteiger partial charge < -0.3 is 25.4 Å². The lowest BCUT2D eigenvalue weighted by Crippen LogP contribution is -2.63. The summed E-state index contributed by atoms with van der Waals surface area (Å²) >= 11 is 1.38. The fraction of sp³-hybridized carbons (Fsp3) is 0.909. The maximum absolute atomic E-state index is 10.1. The minimum Gasteiger partial charge on any atom is -0.388 e. The second kappa shape index (κ2) is 4.97. The fourth-order valence-electron chi connectivity index (χ4n) is 2.21. The van der Waals surface area contributed by atoms with E-state index in [9.17, 15) is 15.3 Å². The molecule has 2 saturated heterocycles. The molecular weight excluding hydrogens is 256 g/mol. The Balaban J connectivity index is 2.16. The average molecular weight is 276 g/mol. The van der Waals surface area contributed by atoms with Gasteiger partial charge in [-0.3, -0.25) is 4.99 Å². The summed E-state index contributed by atoms with van der Waals surface area (Å²) < 4.78 is 5.69. The molecular formula is C11H20N2O4S. The van der Waals surface area contributed by atoms with E-state index in [-0.39, 0.29) is 5.44 Å². The van der Waals surface area contributed by atoms with Crippen molar-refractivity contribution in [1.82, 2.24) is 5.32 Å². The van der Waals surface area contributed by atoms with Gasteiger partial charge in [0.2, 0.25) is 0 Å². The molecule has 0 radical (unpaired) electrons. The molecule has 18 heavy (non-hydrogen) atoms. The normalized spacial score (nSPS) is 42.8. The van der Waals surface area contributed by atoms with Crippen molar-refractivity contribution in [2.75, 3.05) is 6.54 Å². The molecule has 0 aromatic rings. The Morgan fingerprint density at radius 2 is 2.06 bits per heavy atom. The Morgan fingerprint density at radius 1 is 1.39 bits per heavy atom. The van der Waals surface area contributed by atoms with Crippen LogP contribution >= 0.6 is 11.8 Å². The second-order valence-corrected chi connectivity index (χ2v) is 6.21. The van der Waals surface area contributed by atoms with Gasteiger partial charge in [0, 0.05) is 6.54 Å². The van der Waals surface area contributed by atoms with Crippen molar-refractivity contribution >= 4 is 16.9 Å². The first-order valence-electron chi connectivity index (χ1n) is 6.06. The van der Waals surface area contributed by atoms with E-state index in [0.717, 1.165) is 0 Å². The van der Waals surface area contributed by atoms with E-state index in [1.54, 1.807) is 13.8 Å². The monoisotopic (exact) mass is 276 g/mol. The Bertz CT molecular complexity index is 344. The maximum atomic E-state index is 10.1. The number of aliphatic hydroxyl groups is 3. The van der Waals surface area contributed by atoms with Crippen LogP contribution in [0, 0.1) is 0 Å². The third-order valence-electron chi connectivity index (χ3n) is 3.12. The van der Waals surface area contributed by atoms with E-state index in [1.807, 2.05) is 6.92 Å². The predicted molar refractivity (Wildman–Crippen MR) is 69.5 cm³/mol. The first kappa shape index (κ1) is 14.1. The zero-order valence-electron chi connectivity index (χ0n) is 10.7. The molecule has 2 rings (SSSR count). The topological polar surface area (TPSA) is 94.3 Å². The highest BCUT2D eigenvalue weighted by Crippen LogP contribution is 2.36. The van der Waals surface area contributed by atoms with Crippen LogP contribution in [-0.4, -0.2) is 62.4 Å². The molecule has 0 amide bonds. The number of thioether (sulfide) groups is 1. The summed E-state index contributed by atoms with van der Waals surface area (Å²) in [5, 5.41) is 33.8. The Kier molecular flexibility index (Phi) is 3.89. The number of rotatable bonds is 2. The van der Waals surface area contributed by atoms with E-state index in [0.29, 0.717) is 11.7 Å². The number of aliphatic hydroxyl groups excluding tert-OH is 2. The lowest BCUT2D eigenvalue weighted by Gasteiger charge is -2.43. The van der Waals surface area contributed by atoms with Crippen molar-refractivity contribution in [3.05, 3.63) is 0 Å². The highest BCUT2D eigenvalue weighted by atomic mass is 32.2. The van der Waals surface area contributed by atoms with E-state index in [2.05, 4.69) is 10.3 Å². The fourth-order valence-corrected chi connectivity index (χ4v) is 3.39. The molecule has 0 aromatic carbocycles. The molecule has 2 aliphatic rings. The van der Waals surface area contributed by atoms with Crippen LogP contribution in [0.3, 0.4) is 0 Å². The number of aliphatic imine (C=N–C) groups is 1. The number of nitrogens with zero attached hydrogens (tertiary/aromatic N) is 1. The predicted octanol–water partition coefficient (Wildman–Crippen LogP) is -0.715. The van der Waals surface area contributed by atoms with Gasteiger partial charge in [-0.25, -0.2) is 0 Å². The van der Waals surface area contributed by atoms with Crippen molar-refractivity contribution in [1.29, 1.82) is 0 Å². The summed E-state index contributed by atoms with van der Waals surface area (Å²) in [7, 11) is 0. The molecule has 0 aromatic heterocycles. The smallest absolute Gasteiger partial charge is 0.159 e. The molecule has 1 unspecified atom stereocenters. The quantitative estimate of drug-likeness (QED) is 0.532.